The number of aromatic nitrogens is 4. The van der Waals surface area contributed by atoms with Gasteiger partial charge in [-0.05, 0) is 20.8 Å². The van der Waals surface area contributed by atoms with Gasteiger partial charge in [-0.15, -0.1) is 0 Å². The van der Waals surface area contributed by atoms with Crippen LogP contribution in [0.2, 0.25) is 0 Å². The summed E-state index contributed by atoms with van der Waals surface area (Å²) in [5.74, 6) is 1.80. The summed E-state index contributed by atoms with van der Waals surface area (Å²) in [7, 11) is 0. The summed E-state index contributed by atoms with van der Waals surface area (Å²) < 4.78 is 1.85. The zero-order valence-electron chi connectivity index (χ0n) is 14.2. The summed E-state index contributed by atoms with van der Waals surface area (Å²) in [5, 5.41) is 4.31. The van der Waals surface area contributed by atoms with E-state index in [1.807, 2.05) is 11.4 Å². The predicted octanol–water partition coefficient (Wildman–Crippen LogP) is 0.647. The molecule has 0 atom stereocenters. The third kappa shape index (κ3) is 2.68. The smallest absolute Gasteiger partial charge is 0.254 e. The van der Waals surface area contributed by atoms with E-state index in [1.165, 1.54) is 26.2 Å². The van der Waals surface area contributed by atoms with Gasteiger partial charge < -0.3 is 4.90 Å². The fraction of sp³-hybridized carbons (Fsp3) is 0.688. The molecule has 0 N–H and O–H groups in total. The van der Waals surface area contributed by atoms with Crippen LogP contribution in [0.25, 0.3) is 5.78 Å². The van der Waals surface area contributed by atoms with Gasteiger partial charge in [0.1, 0.15) is 12.1 Å². The topological polar surface area (TPSA) is 52.8 Å². The minimum atomic E-state index is 0.662. The molecule has 7 heteroatoms. The fourth-order valence-electron chi connectivity index (χ4n) is 3.63. The van der Waals surface area contributed by atoms with Crippen molar-refractivity contribution in [2.75, 3.05) is 44.2 Å². The Balaban J connectivity index is 1.41. The van der Waals surface area contributed by atoms with Crippen LogP contribution in [0.4, 0.5) is 5.82 Å². The number of aryl methyl sites for hydroxylation is 1. The molecule has 0 aliphatic carbocycles. The van der Waals surface area contributed by atoms with E-state index in [-0.39, 0.29) is 0 Å². The molecule has 0 aromatic carbocycles. The van der Waals surface area contributed by atoms with E-state index < -0.39 is 0 Å². The number of anilines is 1. The first-order valence-electron chi connectivity index (χ1n) is 8.52. The van der Waals surface area contributed by atoms with Gasteiger partial charge in [-0.3, -0.25) is 9.80 Å². The second-order valence-corrected chi connectivity index (χ2v) is 6.95. The van der Waals surface area contributed by atoms with E-state index in [2.05, 4.69) is 49.7 Å². The highest BCUT2D eigenvalue weighted by Gasteiger charge is 2.35. The van der Waals surface area contributed by atoms with Gasteiger partial charge in [0.05, 0.1) is 0 Å². The zero-order chi connectivity index (χ0) is 16.0. The lowest BCUT2D eigenvalue weighted by Crippen LogP contribution is -2.64. The normalized spacial score (nSPS) is 21.3. The molecule has 2 fully saturated rings. The van der Waals surface area contributed by atoms with Crippen LogP contribution in [-0.4, -0.2) is 80.7 Å². The van der Waals surface area contributed by atoms with Gasteiger partial charge in [-0.2, -0.15) is 14.6 Å². The Hall–Kier alpha value is -1.73. The van der Waals surface area contributed by atoms with Crippen molar-refractivity contribution >= 4 is 11.6 Å². The standard InChI is InChI=1S/C16H25N7/c1-12(2)20-4-6-21(7-5-20)14-9-22(10-14)15-8-13(3)19-16-17-11-18-23(15)16/h8,11-12,14H,4-7,9-10H2,1-3H3. The molecule has 2 aromatic rings. The second-order valence-electron chi connectivity index (χ2n) is 6.95. The summed E-state index contributed by atoms with van der Waals surface area (Å²) in [5.41, 5.74) is 0.995. The third-order valence-electron chi connectivity index (χ3n) is 5.14. The molecule has 4 heterocycles. The Bertz CT molecular complexity index is 681. The lowest BCUT2D eigenvalue weighted by molar-refractivity contribution is 0.0675. The van der Waals surface area contributed by atoms with Crippen molar-refractivity contribution in [3.05, 3.63) is 18.1 Å². The molecule has 124 valence electrons. The number of hydrogen-bond donors (Lipinski definition) is 0. The quantitative estimate of drug-likeness (QED) is 0.829. The molecule has 4 rings (SSSR count). The van der Waals surface area contributed by atoms with Crippen LogP contribution >= 0.6 is 0 Å². The summed E-state index contributed by atoms with van der Waals surface area (Å²) in [6, 6.07) is 3.43. The lowest BCUT2D eigenvalue weighted by Gasteiger charge is -2.49. The number of piperazine rings is 1. The molecule has 2 aliphatic rings. The van der Waals surface area contributed by atoms with Crippen molar-refractivity contribution in [3.8, 4) is 0 Å². The first-order chi connectivity index (χ1) is 11.1. The van der Waals surface area contributed by atoms with Gasteiger partial charge in [0.2, 0.25) is 0 Å². The minimum absolute atomic E-state index is 0.662. The predicted molar refractivity (Wildman–Crippen MR) is 89.8 cm³/mol. The first kappa shape index (κ1) is 14.8. The average Bonchev–Trinajstić information content (AvgIpc) is 2.94. The monoisotopic (exact) mass is 315 g/mol. The lowest BCUT2D eigenvalue weighted by atomic mass is 10.1. The van der Waals surface area contributed by atoms with Crippen LogP contribution < -0.4 is 4.90 Å². The Morgan fingerprint density at radius 2 is 1.87 bits per heavy atom. The van der Waals surface area contributed by atoms with Crippen molar-refractivity contribution in [1.29, 1.82) is 0 Å². The summed E-state index contributed by atoms with van der Waals surface area (Å²) in [4.78, 5) is 16.2. The second kappa shape index (κ2) is 5.72. The average molecular weight is 315 g/mol. The van der Waals surface area contributed by atoms with Gasteiger partial charge in [-0.1, -0.05) is 0 Å². The molecule has 7 nitrogen and oxygen atoms in total. The van der Waals surface area contributed by atoms with Crippen molar-refractivity contribution < 1.29 is 0 Å². The van der Waals surface area contributed by atoms with Crippen molar-refractivity contribution in [2.24, 2.45) is 0 Å². The number of rotatable bonds is 3. The fourth-order valence-corrected chi connectivity index (χ4v) is 3.63. The van der Waals surface area contributed by atoms with E-state index in [9.17, 15) is 0 Å². The number of nitrogens with zero attached hydrogens (tertiary/aromatic N) is 7. The molecule has 0 amide bonds. The van der Waals surface area contributed by atoms with Gasteiger partial charge >= 0.3 is 0 Å². The Kier molecular flexibility index (Phi) is 3.69. The molecule has 0 spiro atoms. The van der Waals surface area contributed by atoms with Crippen LogP contribution in [-0.2, 0) is 0 Å². The molecule has 0 radical (unpaired) electrons. The Morgan fingerprint density at radius 1 is 1.13 bits per heavy atom. The summed E-state index contributed by atoms with van der Waals surface area (Å²) in [6.45, 7) is 13.5. The van der Waals surface area contributed by atoms with E-state index in [4.69, 9.17) is 0 Å². The van der Waals surface area contributed by atoms with E-state index in [0.717, 1.165) is 24.6 Å². The third-order valence-corrected chi connectivity index (χ3v) is 5.14. The summed E-state index contributed by atoms with van der Waals surface area (Å²) in [6.07, 6.45) is 1.58. The first-order valence-corrected chi connectivity index (χ1v) is 8.52. The molecule has 0 bridgehead atoms. The van der Waals surface area contributed by atoms with Crippen LogP contribution in [0, 0.1) is 6.92 Å². The molecule has 2 saturated heterocycles. The van der Waals surface area contributed by atoms with Gasteiger partial charge in [-0.25, -0.2) is 4.98 Å². The van der Waals surface area contributed by atoms with Crippen LogP contribution in [0.3, 0.4) is 0 Å². The molecule has 2 aliphatic heterocycles. The number of fused-ring (bicyclic) bond motifs is 1. The van der Waals surface area contributed by atoms with Gasteiger partial charge in [0.15, 0.2) is 0 Å². The highest BCUT2D eigenvalue weighted by atomic mass is 15.4. The van der Waals surface area contributed by atoms with Gasteiger partial charge in [0, 0.05) is 63.1 Å². The number of hydrogen-bond acceptors (Lipinski definition) is 6. The molecular weight excluding hydrogens is 290 g/mol. The van der Waals surface area contributed by atoms with Crippen LogP contribution in [0.5, 0.6) is 0 Å². The van der Waals surface area contributed by atoms with E-state index >= 15 is 0 Å². The maximum absolute atomic E-state index is 4.42. The maximum atomic E-state index is 4.42. The highest BCUT2D eigenvalue weighted by molar-refractivity contribution is 5.49. The molecule has 0 saturated carbocycles. The van der Waals surface area contributed by atoms with E-state index in [1.54, 1.807) is 6.33 Å². The van der Waals surface area contributed by atoms with Crippen LogP contribution in [0.1, 0.15) is 19.5 Å². The summed E-state index contributed by atoms with van der Waals surface area (Å²) >= 11 is 0. The largest absolute Gasteiger partial charge is 0.353 e. The maximum Gasteiger partial charge on any atom is 0.254 e. The minimum Gasteiger partial charge on any atom is -0.353 e. The van der Waals surface area contributed by atoms with Crippen molar-refractivity contribution in [1.82, 2.24) is 29.4 Å². The van der Waals surface area contributed by atoms with Crippen molar-refractivity contribution in [2.45, 2.75) is 32.9 Å². The molecule has 2 aromatic heterocycles. The zero-order valence-corrected chi connectivity index (χ0v) is 14.2. The molecule has 23 heavy (non-hydrogen) atoms. The van der Waals surface area contributed by atoms with Crippen LogP contribution in [0.15, 0.2) is 12.4 Å². The van der Waals surface area contributed by atoms with E-state index in [0.29, 0.717) is 17.9 Å². The highest BCUT2D eigenvalue weighted by Crippen LogP contribution is 2.25. The molecule has 0 unspecified atom stereocenters. The Morgan fingerprint density at radius 3 is 2.57 bits per heavy atom. The SMILES string of the molecule is Cc1cc(N2CC(N3CCN(C(C)C)CC3)C2)n2ncnc2n1. The Labute approximate surface area is 136 Å². The van der Waals surface area contributed by atoms with Gasteiger partial charge in [0.25, 0.3) is 5.78 Å². The van der Waals surface area contributed by atoms with Crippen molar-refractivity contribution in [3.63, 3.8) is 0 Å². The molecular formula is C16H25N7.